The molecule has 524 valence electrons. The summed E-state index contributed by atoms with van der Waals surface area (Å²) in [6, 6.07) is 7.49. The normalized spacial score (nSPS) is 23.0. The Bertz CT molecular complexity index is 3550. The van der Waals surface area contributed by atoms with Gasteiger partial charge in [-0.1, -0.05) is 51.1 Å². The van der Waals surface area contributed by atoms with Gasteiger partial charge in [-0.2, -0.15) is 0 Å². The molecule has 0 aromatic heterocycles. The fraction of sp³-hybridized carbons (Fsp3) is 0.522. The summed E-state index contributed by atoms with van der Waals surface area (Å²) in [5, 5.41) is 47.5. The van der Waals surface area contributed by atoms with Crippen molar-refractivity contribution in [2.24, 2.45) is 11.7 Å². The van der Waals surface area contributed by atoms with E-state index in [2.05, 4.69) is 32.7 Å². The molecule has 3 saturated heterocycles. The van der Waals surface area contributed by atoms with E-state index in [0.717, 1.165) is 4.90 Å². The van der Waals surface area contributed by atoms with Crippen LogP contribution in [0.4, 0.5) is 20.1 Å². The molecule has 6 aliphatic rings. The van der Waals surface area contributed by atoms with E-state index in [9.17, 15) is 63.3 Å². The van der Waals surface area contributed by atoms with Gasteiger partial charge in [-0.05, 0) is 68.4 Å². The van der Waals surface area contributed by atoms with Crippen molar-refractivity contribution in [3.63, 3.8) is 0 Å². The summed E-state index contributed by atoms with van der Waals surface area (Å²) in [4.78, 5) is 139. The van der Waals surface area contributed by atoms with Crippen molar-refractivity contribution >= 4 is 64.9 Å². The molecule has 30 nitrogen and oxygen atoms in total. The second-order valence-electron chi connectivity index (χ2n) is 25.2. The van der Waals surface area contributed by atoms with Gasteiger partial charge in [0.25, 0.3) is 5.91 Å². The van der Waals surface area contributed by atoms with E-state index < -0.39 is 144 Å². The van der Waals surface area contributed by atoms with Gasteiger partial charge in [0.05, 0.1) is 42.6 Å². The molecule has 2 aliphatic carbocycles. The van der Waals surface area contributed by atoms with Crippen LogP contribution in [0.15, 0.2) is 66.9 Å². The molecule has 0 bridgehead atoms. The third-order valence-electron chi connectivity index (χ3n) is 18.2. The minimum atomic E-state index is -2.48. The number of Topliss-reactive ketones (excluding diaryl/α,β-unsaturated/α-hetero) is 1. The van der Waals surface area contributed by atoms with Crippen LogP contribution in [-0.4, -0.2) is 223 Å². The number of hydrogen-bond acceptors (Lipinski definition) is 22. The Morgan fingerprint density at radius 2 is 1.57 bits per heavy atom. The largest absolute Gasteiger partial charge is 0.507 e. The maximum Gasteiger partial charge on any atom is 0.409 e. The standard InChI is InChI=1S/C67H85N9O21/c1-35(2)54(72-47(78)17-10-9-11-25-75-36(3)18-23-48(75)79)61(85)71-42(15-13-24-69-64(68)86)60(84)70-39-21-19-38(20-22-39)33-93-65(87)73(5)26-27-74(6)66(88)94-34-46(77)67(89)31-41-51(58(83)53-52(56(41)81)55(80)40-14-12-16-44(90-7)50(40)57(53)82)45(32-67)96-49-30-43-59(37(4)95-49)97-62-63(91-8)92-29-28-76(43)62/h12,14,16,18-23,35,37,42-43,45,49,54,59,62-63,81,83,89H,3,9-11,13,15,17,24-34H2,1-2,4-8H3,(H,70,84)(H,71,85)(H,72,78)(H3,68,69,86)/t37-,42-,43-,45-,49-,54-,59+,62+,63-,67-/m0/s1. The van der Waals surface area contributed by atoms with Crippen LogP contribution in [0.2, 0.25) is 0 Å². The molecule has 3 aromatic carbocycles. The molecule has 0 unspecified atom stereocenters. The van der Waals surface area contributed by atoms with Gasteiger partial charge >= 0.3 is 18.2 Å². The zero-order valence-corrected chi connectivity index (χ0v) is 55.3. The number of methoxy groups -OCH3 is 2. The van der Waals surface area contributed by atoms with Crippen LogP contribution in [0.25, 0.3) is 0 Å². The number of amides is 8. The summed E-state index contributed by atoms with van der Waals surface area (Å²) in [5.41, 5.74) is 2.44. The first kappa shape index (κ1) is 72.2. The smallest absolute Gasteiger partial charge is 0.409 e. The van der Waals surface area contributed by atoms with Crippen molar-refractivity contribution < 1.29 is 101 Å². The van der Waals surface area contributed by atoms with Crippen molar-refractivity contribution in [1.82, 2.24) is 35.6 Å². The Kier molecular flexibility index (Phi) is 23.4. The second-order valence-corrected chi connectivity index (χ2v) is 25.2. The van der Waals surface area contributed by atoms with E-state index in [4.69, 9.17) is 43.6 Å². The van der Waals surface area contributed by atoms with E-state index in [0.29, 0.717) is 55.9 Å². The molecule has 9 rings (SSSR count). The highest BCUT2D eigenvalue weighted by atomic mass is 16.7. The molecule has 30 heteroatoms. The maximum atomic E-state index is 14.3. The summed E-state index contributed by atoms with van der Waals surface area (Å²) < 4.78 is 46.9. The van der Waals surface area contributed by atoms with Gasteiger partial charge in [0, 0.05) is 120 Å². The summed E-state index contributed by atoms with van der Waals surface area (Å²) >= 11 is 0. The molecule has 97 heavy (non-hydrogen) atoms. The Hall–Kier alpha value is -9.04. The summed E-state index contributed by atoms with van der Waals surface area (Å²) in [7, 11) is 5.59. The highest BCUT2D eigenvalue weighted by molar-refractivity contribution is 6.31. The molecule has 8 amide bonds. The highest BCUT2D eigenvalue weighted by Gasteiger charge is 2.55. The number of primary amides is 1. The number of likely N-dealkylation sites (N-methyl/N-ethyl adjacent to an activating group) is 2. The van der Waals surface area contributed by atoms with Crippen LogP contribution >= 0.6 is 0 Å². The van der Waals surface area contributed by atoms with Crippen LogP contribution in [0.5, 0.6) is 17.2 Å². The van der Waals surface area contributed by atoms with Crippen molar-refractivity contribution in [3.8, 4) is 17.2 Å². The number of urea groups is 1. The molecular formula is C67H85N9O21. The van der Waals surface area contributed by atoms with Gasteiger partial charge in [0.2, 0.25) is 29.3 Å². The number of unbranched alkanes of at least 4 members (excludes halogenated alkanes) is 2. The topological polar surface area (TPSA) is 392 Å². The number of anilines is 1. The van der Waals surface area contributed by atoms with Gasteiger partial charge in [0.15, 0.2) is 31.2 Å². The number of carbonyl (C=O) groups excluding carboxylic acids is 10. The van der Waals surface area contributed by atoms with Crippen LogP contribution in [0.1, 0.15) is 127 Å². The number of benzene rings is 3. The van der Waals surface area contributed by atoms with Crippen LogP contribution in [0.3, 0.4) is 0 Å². The van der Waals surface area contributed by atoms with Crippen molar-refractivity contribution in [3.05, 3.63) is 106 Å². The Labute approximate surface area is 559 Å². The predicted molar refractivity (Wildman–Crippen MR) is 342 cm³/mol. The average molecular weight is 1350 g/mol. The molecule has 0 spiro atoms. The SMILES string of the molecule is C=C1C=CC(=O)N1CCCCCC(=O)N[C@H](C(=O)N[C@@H](CCCNC(N)=O)C(=O)Nc1ccc(COC(=O)N(C)CCN(C)C(=O)OCC(=O)[C@]2(O)Cc3c(O)c4c(c(O)c3[C@@H](O[C@H]3C[C@H]5[C@H](O[C@@H]6[C@@H](OC)OCCN65)[C@H](C)O3)C2)C(=O)c2c(OC)cccc2C4=O)cc1)C(C)C. The van der Waals surface area contributed by atoms with Crippen LogP contribution in [-0.2, 0) is 70.2 Å². The van der Waals surface area contributed by atoms with E-state index in [1.807, 2.05) is 0 Å². The number of hydrogen-bond donors (Lipinski definition) is 8. The number of allylic oxidation sites excluding steroid dienone is 1. The number of nitrogens with two attached hydrogens (primary N) is 1. The van der Waals surface area contributed by atoms with E-state index in [-0.39, 0.29) is 104 Å². The number of phenolic OH excluding ortho intramolecular Hbond substituents is 2. The monoisotopic (exact) mass is 1350 g/mol. The van der Waals surface area contributed by atoms with Crippen molar-refractivity contribution in [2.75, 3.05) is 79.6 Å². The average Bonchev–Trinajstić information content (AvgIpc) is 1.27. The lowest BCUT2D eigenvalue weighted by atomic mass is 9.72. The number of morpholine rings is 1. The Morgan fingerprint density at radius 3 is 2.24 bits per heavy atom. The van der Waals surface area contributed by atoms with E-state index in [1.54, 1.807) is 56.0 Å². The number of ether oxygens (including phenoxy) is 8. The van der Waals surface area contributed by atoms with Crippen molar-refractivity contribution in [1.29, 1.82) is 0 Å². The molecule has 0 radical (unpaired) electrons. The van der Waals surface area contributed by atoms with Gasteiger partial charge in [-0.15, -0.1) is 0 Å². The minimum Gasteiger partial charge on any atom is -0.507 e. The summed E-state index contributed by atoms with van der Waals surface area (Å²) in [6.45, 7) is 9.16. The zero-order valence-electron chi connectivity index (χ0n) is 55.3. The summed E-state index contributed by atoms with van der Waals surface area (Å²) in [5.74, 6) is -6.19. The number of aliphatic hydroxyl groups is 1. The lowest BCUT2D eigenvalue weighted by Crippen LogP contribution is -2.55. The third-order valence-corrected chi connectivity index (χ3v) is 18.2. The van der Waals surface area contributed by atoms with Gasteiger partial charge in [0.1, 0.15) is 47.6 Å². The molecule has 9 N–H and O–H groups in total. The maximum absolute atomic E-state index is 14.3. The van der Waals surface area contributed by atoms with Crippen molar-refractivity contribution in [2.45, 2.75) is 146 Å². The van der Waals surface area contributed by atoms with Crippen LogP contribution in [0, 0.1) is 5.92 Å². The number of aromatic hydroxyl groups is 2. The lowest BCUT2D eigenvalue weighted by molar-refractivity contribution is -0.256. The van der Waals surface area contributed by atoms with Crippen LogP contribution < -0.4 is 31.7 Å². The molecule has 4 heterocycles. The number of fused-ring (bicyclic) bond motifs is 6. The number of nitrogens with one attached hydrogen (secondary N) is 4. The summed E-state index contributed by atoms with van der Waals surface area (Å²) in [6.07, 6.45) is -2.38. The number of nitrogens with zero attached hydrogens (tertiary/aromatic N) is 4. The molecule has 0 saturated carbocycles. The first-order valence-corrected chi connectivity index (χ1v) is 32.2. The fourth-order valence-electron chi connectivity index (χ4n) is 12.9. The first-order valence-electron chi connectivity index (χ1n) is 32.2. The molecule has 10 atom stereocenters. The molecule has 3 aromatic rings. The van der Waals surface area contributed by atoms with E-state index in [1.165, 1.54) is 57.5 Å². The first-order chi connectivity index (χ1) is 46.2. The number of ketones is 3. The van der Waals surface area contributed by atoms with Gasteiger partial charge in [-0.3, -0.25) is 38.5 Å². The number of carbonyl (C=O) groups is 10. The second kappa shape index (κ2) is 31.4. The number of phenols is 2. The Balaban J connectivity index is 0.774. The highest BCUT2D eigenvalue weighted by Crippen LogP contribution is 2.53. The zero-order chi connectivity index (χ0) is 70.2. The van der Waals surface area contributed by atoms with E-state index >= 15 is 0 Å². The lowest BCUT2D eigenvalue weighted by Gasteiger charge is -2.43. The van der Waals surface area contributed by atoms with Gasteiger partial charge in [-0.25, -0.2) is 14.4 Å². The minimum absolute atomic E-state index is 0.0465. The fourth-order valence-corrected chi connectivity index (χ4v) is 12.9. The number of rotatable bonds is 28. The molecule has 4 aliphatic heterocycles. The quantitative estimate of drug-likeness (QED) is 0.0298. The molecular weight excluding hydrogens is 1270 g/mol. The molecule has 3 fully saturated rings. The Morgan fingerprint density at radius 1 is 0.856 bits per heavy atom. The van der Waals surface area contributed by atoms with Gasteiger partial charge < -0.3 is 94.9 Å². The predicted octanol–water partition coefficient (Wildman–Crippen LogP) is 3.54. The third kappa shape index (κ3) is 16.3.